The van der Waals surface area contributed by atoms with Crippen LogP contribution in [0.1, 0.15) is 23.2 Å². The third-order valence-corrected chi connectivity index (χ3v) is 4.12. The first-order valence-electron chi connectivity index (χ1n) is 7.86. The number of amides is 2. The van der Waals surface area contributed by atoms with Crippen LogP contribution in [0.25, 0.3) is 10.9 Å². The zero-order valence-corrected chi connectivity index (χ0v) is 13.2. The molecular formula is C17H19N3O4. The average Bonchev–Trinajstić information content (AvgIpc) is 3.20. The van der Waals surface area contributed by atoms with Crippen LogP contribution in [0, 0.1) is 0 Å². The summed E-state index contributed by atoms with van der Waals surface area (Å²) in [6, 6.07) is 7.09. The number of primary amides is 1. The Bertz CT molecular complexity index is 790. The monoisotopic (exact) mass is 329 g/mol. The minimum absolute atomic E-state index is 0.0548. The lowest BCUT2D eigenvalue weighted by atomic mass is 10.1. The van der Waals surface area contributed by atoms with E-state index in [2.05, 4.69) is 5.32 Å². The number of hydrogen-bond donors (Lipinski definition) is 2. The second kappa shape index (κ2) is 6.84. The molecule has 1 aliphatic heterocycles. The topological polar surface area (TPSA) is 103 Å². The fraction of sp³-hybridized carbons (Fsp3) is 0.353. The number of Topliss-reactive ketones (excluding diaryl/α,β-unsaturated/α-hetero) is 1. The molecule has 7 nitrogen and oxygen atoms in total. The maximum absolute atomic E-state index is 12.2. The summed E-state index contributed by atoms with van der Waals surface area (Å²) in [6.45, 7) is 1.27. The summed E-state index contributed by atoms with van der Waals surface area (Å²) >= 11 is 0. The third kappa shape index (κ3) is 3.30. The van der Waals surface area contributed by atoms with Crippen molar-refractivity contribution in [3.8, 4) is 0 Å². The smallest absolute Gasteiger partial charge is 0.289 e. The number of rotatable bonds is 6. The van der Waals surface area contributed by atoms with E-state index in [1.165, 1.54) is 6.20 Å². The van der Waals surface area contributed by atoms with E-state index >= 15 is 0 Å². The molecule has 3 rings (SSSR count). The molecule has 1 aliphatic rings. The summed E-state index contributed by atoms with van der Waals surface area (Å²) < 4.78 is 7.12. The van der Waals surface area contributed by atoms with Crippen LogP contribution in [0.3, 0.4) is 0 Å². The standard InChI is InChI=1S/C17H19N3O4/c18-17(23)16(22)13-9-20(14-6-2-1-5-12(13)14)10-15(21)19-8-11-4-3-7-24-11/h1-2,5-6,9,11H,3-4,7-8,10H2,(H2,18,23)(H,19,21)/t11-/m0/s1. The highest BCUT2D eigenvalue weighted by atomic mass is 16.5. The SMILES string of the molecule is NC(=O)C(=O)c1cn(CC(=O)NC[C@@H]2CCCO2)c2ccccc12. The number of ether oxygens (including phenoxy) is 1. The summed E-state index contributed by atoms with van der Waals surface area (Å²) in [5, 5.41) is 3.44. The number of nitrogens with zero attached hydrogens (tertiary/aromatic N) is 1. The first-order chi connectivity index (χ1) is 11.6. The number of carbonyl (C=O) groups is 3. The Morgan fingerprint density at radius 2 is 2.08 bits per heavy atom. The van der Waals surface area contributed by atoms with Gasteiger partial charge in [0.15, 0.2) is 0 Å². The molecular weight excluding hydrogens is 310 g/mol. The molecule has 7 heteroatoms. The minimum Gasteiger partial charge on any atom is -0.376 e. The van der Waals surface area contributed by atoms with Crippen LogP contribution in [-0.4, -0.2) is 41.4 Å². The van der Waals surface area contributed by atoms with Crippen LogP contribution in [0.5, 0.6) is 0 Å². The van der Waals surface area contributed by atoms with Gasteiger partial charge in [-0.05, 0) is 18.9 Å². The lowest BCUT2D eigenvalue weighted by Crippen LogP contribution is -2.34. The Morgan fingerprint density at radius 1 is 1.29 bits per heavy atom. The van der Waals surface area contributed by atoms with Gasteiger partial charge in [-0.1, -0.05) is 18.2 Å². The second-order valence-corrected chi connectivity index (χ2v) is 5.82. The summed E-state index contributed by atoms with van der Waals surface area (Å²) in [5.41, 5.74) is 6.01. The van der Waals surface area contributed by atoms with Crippen molar-refractivity contribution >= 4 is 28.5 Å². The molecule has 1 fully saturated rings. The molecule has 1 aromatic carbocycles. The number of aromatic nitrogens is 1. The van der Waals surface area contributed by atoms with Gasteiger partial charge in [-0.25, -0.2) is 0 Å². The molecule has 126 valence electrons. The van der Waals surface area contributed by atoms with Crippen LogP contribution < -0.4 is 11.1 Å². The van der Waals surface area contributed by atoms with Gasteiger partial charge < -0.3 is 20.4 Å². The van der Waals surface area contributed by atoms with E-state index in [-0.39, 0.29) is 24.1 Å². The molecule has 2 heterocycles. The molecule has 2 aromatic rings. The van der Waals surface area contributed by atoms with Crippen molar-refractivity contribution in [2.24, 2.45) is 5.73 Å². The Hall–Kier alpha value is -2.67. The van der Waals surface area contributed by atoms with Crippen molar-refractivity contribution < 1.29 is 19.1 Å². The number of para-hydroxylation sites is 1. The van der Waals surface area contributed by atoms with Crippen molar-refractivity contribution in [1.82, 2.24) is 9.88 Å². The number of hydrogen-bond acceptors (Lipinski definition) is 4. The van der Waals surface area contributed by atoms with Crippen LogP contribution in [0.2, 0.25) is 0 Å². The van der Waals surface area contributed by atoms with E-state index < -0.39 is 11.7 Å². The van der Waals surface area contributed by atoms with Gasteiger partial charge in [-0.2, -0.15) is 0 Å². The largest absolute Gasteiger partial charge is 0.376 e. The summed E-state index contributed by atoms with van der Waals surface area (Å²) in [4.78, 5) is 35.3. The number of nitrogens with one attached hydrogen (secondary N) is 1. The molecule has 1 atom stereocenters. The quantitative estimate of drug-likeness (QED) is 0.598. The van der Waals surface area contributed by atoms with E-state index in [0.717, 1.165) is 19.4 Å². The average molecular weight is 329 g/mol. The van der Waals surface area contributed by atoms with Crippen molar-refractivity contribution in [3.05, 3.63) is 36.0 Å². The van der Waals surface area contributed by atoms with Crippen LogP contribution in [0.4, 0.5) is 0 Å². The molecule has 1 aromatic heterocycles. The molecule has 0 bridgehead atoms. The molecule has 1 saturated heterocycles. The second-order valence-electron chi connectivity index (χ2n) is 5.82. The highest BCUT2D eigenvalue weighted by molar-refractivity contribution is 6.44. The zero-order chi connectivity index (χ0) is 17.1. The van der Waals surface area contributed by atoms with E-state index in [0.29, 0.717) is 17.4 Å². The zero-order valence-electron chi connectivity index (χ0n) is 13.2. The Kier molecular flexibility index (Phi) is 4.61. The Morgan fingerprint density at radius 3 is 2.79 bits per heavy atom. The predicted molar refractivity (Wildman–Crippen MR) is 87.4 cm³/mol. The molecule has 0 aliphatic carbocycles. The number of fused-ring (bicyclic) bond motifs is 1. The van der Waals surface area contributed by atoms with Crippen LogP contribution >= 0.6 is 0 Å². The molecule has 0 radical (unpaired) electrons. The first-order valence-corrected chi connectivity index (χ1v) is 7.86. The molecule has 3 N–H and O–H groups in total. The summed E-state index contributed by atoms with van der Waals surface area (Å²) in [7, 11) is 0. The van der Waals surface area contributed by atoms with Crippen LogP contribution in [-0.2, 0) is 20.9 Å². The van der Waals surface area contributed by atoms with Crippen molar-refractivity contribution in [3.63, 3.8) is 0 Å². The summed E-state index contributed by atoms with van der Waals surface area (Å²) in [6.07, 6.45) is 3.54. The number of carbonyl (C=O) groups excluding carboxylic acids is 3. The van der Waals surface area contributed by atoms with Gasteiger partial charge >= 0.3 is 0 Å². The Labute approximate surface area is 138 Å². The number of nitrogens with two attached hydrogens (primary N) is 1. The first kappa shape index (κ1) is 16.2. The van der Waals surface area contributed by atoms with Crippen LogP contribution in [0.15, 0.2) is 30.5 Å². The van der Waals surface area contributed by atoms with Gasteiger partial charge in [0.25, 0.3) is 11.7 Å². The van der Waals surface area contributed by atoms with Crippen molar-refractivity contribution in [2.45, 2.75) is 25.5 Å². The van der Waals surface area contributed by atoms with E-state index in [1.807, 2.05) is 6.07 Å². The normalized spacial score (nSPS) is 17.1. The highest BCUT2D eigenvalue weighted by Gasteiger charge is 2.20. The van der Waals surface area contributed by atoms with Crippen molar-refractivity contribution in [1.29, 1.82) is 0 Å². The van der Waals surface area contributed by atoms with Gasteiger partial charge in [0.05, 0.1) is 11.7 Å². The Balaban J connectivity index is 1.77. The number of ketones is 1. The maximum Gasteiger partial charge on any atom is 0.289 e. The van der Waals surface area contributed by atoms with E-state index in [9.17, 15) is 14.4 Å². The van der Waals surface area contributed by atoms with Gasteiger partial charge in [0.2, 0.25) is 5.91 Å². The summed E-state index contributed by atoms with van der Waals surface area (Å²) in [5.74, 6) is -1.95. The highest BCUT2D eigenvalue weighted by Crippen LogP contribution is 2.21. The third-order valence-electron chi connectivity index (χ3n) is 4.12. The van der Waals surface area contributed by atoms with Gasteiger partial charge in [0, 0.05) is 30.3 Å². The fourth-order valence-corrected chi connectivity index (χ4v) is 2.93. The molecule has 0 saturated carbocycles. The van der Waals surface area contributed by atoms with Gasteiger partial charge in [0.1, 0.15) is 6.54 Å². The fourth-order valence-electron chi connectivity index (χ4n) is 2.93. The minimum atomic E-state index is -1.01. The van der Waals surface area contributed by atoms with Gasteiger partial charge in [-0.3, -0.25) is 14.4 Å². The van der Waals surface area contributed by atoms with Gasteiger partial charge in [-0.15, -0.1) is 0 Å². The predicted octanol–water partition coefficient (Wildman–Crippen LogP) is 0.605. The van der Waals surface area contributed by atoms with E-state index in [1.54, 1.807) is 22.8 Å². The lowest BCUT2D eigenvalue weighted by molar-refractivity contribution is -0.122. The molecule has 24 heavy (non-hydrogen) atoms. The maximum atomic E-state index is 12.2. The van der Waals surface area contributed by atoms with Crippen molar-refractivity contribution in [2.75, 3.05) is 13.2 Å². The molecule has 2 amide bonds. The number of benzene rings is 1. The molecule has 0 spiro atoms. The lowest BCUT2D eigenvalue weighted by Gasteiger charge is -2.11. The van der Waals surface area contributed by atoms with E-state index in [4.69, 9.17) is 10.5 Å². The molecule has 0 unspecified atom stereocenters.